The van der Waals surface area contributed by atoms with Crippen molar-refractivity contribution in [2.75, 3.05) is 67.5 Å². The van der Waals surface area contributed by atoms with Gasteiger partial charge >= 0.3 is 0 Å². The number of hydrogen-bond donors (Lipinski definition) is 4. The first-order valence-electron chi connectivity index (χ1n) is 32.8. The second-order valence-electron chi connectivity index (χ2n) is 24.4. The number of nitrogens with two attached hydrogens (primary N) is 2. The quantitative estimate of drug-likeness (QED) is 0.0460. The summed E-state index contributed by atoms with van der Waals surface area (Å²) in [5.74, 6) is -3.44. The van der Waals surface area contributed by atoms with Gasteiger partial charge in [0.1, 0.15) is 36.3 Å². The Morgan fingerprint density at radius 2 is 0.968 bits per heavy atom. The number of hydrogen-bond acceptors (Lipinski definition) is 14. The van der Waals surface area contributed by atoms with Gasteiger partial charge in [-0.2, -0.15) is 0 Å². The molecule has 0 saturated carbocycles. The topological polar surface area (TPSA) is 289 Å². The third kappa shape index (κ3) is 16.1. The Kier molecular flexibility index (Phi) is 23.7. The van der Waals surface area contributed by atoms with Gasteiger partial charge in [-0.15, -0.1) is 5.10 Å². The number of benzene rings is 4. The van der Waals surface area contributed by atoms with Crippen LogP contribution in [-0.2, 0) is 67.4 Å². The Morgan fingerprint density at radius 1 is 0.543 bits per heavy atom. The van der Waals surface area contributed by atoms with Crippen molar-refractivity contribution in [2.24, 2.45) is 11.5 Å². The van der Waals surface area contributed by atoms with Crippen LogP contribution in [0.4, 0.5) is 0 Å². The summed E-state index contributed by atoms with van der Waals surface area (Å²) in [4.78, 5) is 137. The number of aryl methyl sites for hydroxylation is 3. The smallest absolute Gasteiger partial charge is 0.256 e. The molecule has 3 aromatic heterocycles. The fraction of sp³-hybridized carbons (Fsp3) is 0.437. The van der Waals surface area contributed by atoms with Crippen molar-refractivity contribution in [2.45, 2.75) is 134 Å². The van der Waals surface area contributed by atoms with Crippen LogP contribution in [0.25, 0.3) is 21.8 Å². The molecule has 8 amide bonds. The third-order valence-corrected chi connectivity index (χ3v) is 18.3. The first-order valence-corrected chi connectivity index (χ1v) is 32.8. The van der Waals surface area contributed by atoms with Gasteiger partial charge in [0, 0.05) is 97.1 Å². The number of para-hydroxylation sites is 2. The molecule has 2 aliphatic heterocycles. The second kappa shape index (κ2) is 32.4. The highest BCUT2D eigenvalue weighted by atomic mass is 16.2. The van der Waals surface area contributed by atoms with Crippen molar-refractivity contribution >= 4 is 69.1 Å². The molecule has 2 aliphatic rings. The molecule has 0 radical (unpaired) electrons. The molecule has 496 valence electrons. The SMILES string of the molecule is CCc1nc2ccccc2cc1C(=O)N(C)[C@@H](CCn1cc(C[C@@H](C(=O)N2CCC[C@H]2C(=O)N(C)[C@@H](Cc2ccccc2)C(=O)NCCCN)N(C)C(=O)c2cc3ccccc3nc2CC)nn1)C(=O)N1CCC[C@H]1C(=O)N(C)[C@@H](Cc1ccccc1)C(=O)NCCCN. The zero-order chi connectivity index (χ0) is 67.0. The van der Waals surface area contributed by atoms with E-state index in [1.165, 1.54) is 34.1 Å². The predicted molar refractivity (Wildman–Crippen MR) is 359 cm³/mol. The molecule has 0 spiro atoms. The van der Waals surface area contributed by atoms with Crippen molar-refractivity contribution in [1.82, 2.24) is 65.0 Å². The van der Waals surface area contributed by atoms with E-state index in [4.69, 9.17) is 21.4 Å². The fourth-order valence-electron chi connectivity index (χ4n) is 12.8. The Labute approximate surface area is 549 Å². The normalized spacial score (nSPS) is 15.9. The zero-order valence-electron chi connectivity index (χ0n) is 54.9. The molecule has 94 heavy (non-hydrogen) atoms. The van der Waals surface area contributed by atoms with Crippen LogP contribution in [-0.4, -0.2) is 205 Å². The number of aromatic nitrogens is 5. The van der Waals surface area contributed by atoms with E-state index < -0.39 is 71.7 Å². The van der Waals surface area contributed by atoms with Gasteiger partial charge in [0.05, 0.1) is 39.2 Å². The summed E-state index contributed by atoms with van der Waals surface area (Å²) >= 11 is 0. The van der Waals surface area contributed by atoms with Crippen molar-refractivity contribution in [1.29, 1.82) is 0 Å². The van der Waals surface area contributed by atoms with E-state index in [1.54, 1.807) is 46.5 Å². The van der Waals surface area contributed by atoms with Gasteiger partial charge in [-0.25, -0.2) is 0 Å². The van der Waals surface area contributed by atoms with Crippen molar-refractivity contribution in [3.63, 3.8) is 0 Å². The fourth-order valence-corrected chi connectivity index (χ4v) is 12.8. The van der Waals surface area contributed by atoms with Gasteiger partial charge in [-0.1, -0.05) is 116 Å². The molecule has 4 aromatic carbocycles. The molecule has 9 rings (SSSR count). The number of carbonyl (C=O) groups is 8. The average molecular weight is 1280 g/mol. The first kappa shape index (κ1) is 68.9. The van der Waals surface area contributed by atoms with Crippen molar-refractivity contribution in [3.8, 4) is 0 Å². The minimum absolute atomic E-state index is 0.00330. The maximum Gasteiger partial charge on any atom is 0.256 e. The molecule has 0 bridgehead atoms. The molecule has 5 heterocycles. The van der Waals surface area contributed by atoms with Crippen LogP contribution in [0.3, 0.4) is 0 Å². The number of rotatable bonds is 29. The number of likely N-dealkylation sites (tertiary alicyclic amines) is 2. The number of amides is 8. The Hall–Kier alpha value is -9.48. The number of pyridine rings is 2. The van der Waals surface area contributed by atoms with Crippen LogP contribution in [0.1, 0.15) is 108 Å². The van der Waals surface area contributed by atoms with Crippen LogP contribution < -0.4 is 22.1 Å². The molecule has 6 atom stereocenters. The van der Waals surface area contributed by atoms with E-state index in [-0.39, 0.29) is 57.1 Å². The largest absolute Gasteiger partial charge is 0.354 e. The molecule has 6 N–H and O–H groups in total. The van der Waals surface area contributed by atoms with E-state index in [0.29, 0.717) is 111 Å². The van der Waals surface area contributed by atoms with E-state index in [2.05, 4.69) is 20.9 Å². The monoisotopic (exact) mass is 1280 g/mol. The minimum Gasteiger partial charge on any atom is -0.354 e. The number of nitrogens with one attached hydrogen (secondary N) is 2. The van der Waals surface area contributed by atoms with Crippen molar-refractivity contribution in [3.05, 3.63) is 167 Å². The van der Waals surface area contributed by atoms with E-state index in [1.807, 2.05) is 123 Å². The Morgan fingerprint density at radius 3 is 1.41 bits per heavy atom. The predicted octanol–water partition coefficient (Wildman–Crippen LogP) is 4.76. The van der Waals surface area contributed by atoms with Gasteiger partial charge in [0.2, 0.25) is 35.4 Å². The summed E-state index contributed by atoms with van der Waals surface area (Å²) in [7, 11) is 6.29. The number of carbonyl (C=O) groups excluding carboxylic acids is 8. The average Bonchev–Trinajstić information content (AvgIpc) is 1.36. The highest BCUT2D eigenvalue weighted by Crippen LogP contribution is 2.29. The van der Waals surface area contributed by atoms with Crippen LogP contribution >= 0.6 is 0 Å². The molecule has 23 nitrogen and oxygen atoms in total. The van der Waals surface area contributed by atoms with E-state index in [9.17, 15) is 19.2 Å². The number of fused-ring (bicyclic) bond motifs is 2. The van der Waals surface area contributed by atoms with E-state index >= 15 is 19.2 Å². The molecule has 0 unspecified atom stereocenters. The zero-order valence-corrected chi connectivity index (χ0v) is 54.9. The molecule has 2 fully saturated rings. The molecule has 23 heteroatoms. The lowest BCUT2D eigenvalue weighted by atomic mass is 10.0. The lowest BCUT2D eigenvalue weighted by molar-refractivity contribution is -0.148. The first-order chi connectivity index (χ1) is 45.5. The minimum atomic E-state index is -1.24. The summed E-state index contributed by atoms with van der Waals surface area (Å²) in [6, 6.07) is 31.2. The molecule has 0 aliphatic carbocycles. The summed E-state index contributed by atoms with van der Waals surface area (Å²) in [6.45, 7) is 5.66. The number of nitrogens with zero attached hydrogens (tertiary/aromatic N) is 11. The molecular formula is C71H89N15O8. The summed E-state index contributed by atoms with van der Waals surface area (Å²) in [6.07, 6.45) is 5.50. The van der Waals surface area contributed by atoms with Crippen LogP contribution in [0, 0.1) is 0 Å². The standard InChI is InChI=1S/C71H89N15O8/c1-7-54-52(43-49-27-15-17-29-56(49)76-54)66(89)80(3)58(70(93)85-38-19-31-59(85)68(91)81(4)61(64(87)74-36-21-34-72)41-47-23-11-9-12-24-47)33-40-84-46-51(78-79-84)45-63(83(6)67(90)53-44-50-28-16-18-30-57(50)77-55(53)8-2)71(94)86-39-20-32-60(86)69(92)82(5)62(65(88)75-37-22-35-73)42-48-25-13-10-14-26-48/h9-18,23-30,43-44,46,58-63H,7-8,19-22,31-42,45,72-73H2,1-6H3,(H,74,87)(H,75,88)/t58-,59-,60-,61-,62-,63-/m0/s1. The van der Waals surface area contributed by atoms with Gasteiger partial charge in [0.15, 0.2) is 0 Å². The lowest BCUT2D eigenvalue weighted by Crippen LogP contribution is -2.57. The Bertz CT molecular complexity index is 3810. The molecule has 2 saturated heterocycles. The summed E-state index contributed by atoms with van der Waals surface area (Å²) < 4.78 is 1.52. The highest BCUT2D eigenvalue weighted by molar-refractivity contribution is 6.03. The van der Waals surface area contributed by atoms with Gasteiger partial charge in [-0.05, 0) is 106 Å². The third-order valence-electron chi connectivity index (χ3n) is 18.3. The maximum atomic E-state index is 15.6. The maximum absolute atomic E-state index is 15.6. The van der Waals surface area contributed by atoms with Crippen LogP contribution in [0.5, 0.6) is 0 Å². The summed E-state index contributed by atoms with van der Waals surface area (Å²) in [5, 5.41) is 16.4. The molecule has 7 aromatic rings. The Balaban J connectivity index is 1.01. The second-order valence-corrected chi connectivity index (χ2v) is 24.4. The van der Waals surface area contributed by atoms with E-state index in [0.717, 1.165) is 27.4 Å². The van der Waals surface area contributed by atoms with Crippen molar-refractivity contribution < 1.29 is 38.4 Å². The summed E-state index contributed by atoms with van der Waals surface area (Å²) in [5.41, 5.74) is 16.7. The number of likely N-dealkylation sites (N-methyl/N-ethyl adjacent to an activating group) is 4. The van der Waals surface area contributed by atoms with Crippen LogP contribution in [0.15, 0.2) is 128 Å². The highest BCUT2D eigenvalue weighted by Gasteiger charge is 2.45. The van der Waals surface area contributed by atoms with Gasteiger partial charge in [-0.3, -0.25) is 53.0 Å². The van der Waals surface area contributed by atoms with Gasteiger partial charge < -0.3 is 51.5 Å². The lowest BCUT2D eigenvalue weighted by Gasteiger charge is -2.36. The van der Waals surface area contributed by atoms with Gasteiger partial charge in [0.25, 0.3) is 11.8 Å². The van der Waals surface area contributed by atoms with Crippen LogP contribution in [0.2, 0.25) is 0 Å². The molecular weight excluding hydrogens is 1190 g/mol.